The molecule has 0 unspecified atom stereocenters. The van der Waals surface area contributed by atoms with Crippen molar-refractivity contribution in [2.24, 2.45) is 0 Å². The Morgan fingerprint density at radius 2 is 2.14 bits per heavy atom. The van der Waals surface area contributed by atoms with E-state index in [1.807, 2.05) is 6.92 Å². The van der Waals surface area contributed by atoms with Crippen LogP contribution in [0.3, 0.4) is 0 Å². The molecule has 0 aliphatic heterocycles. The number of rotatable bonds is 5. The first-order valence-corrected chi connectivity index (χ1v) is 6.66. The van der Waals surface area contributed by atoms with E-state index < -0.39 is 17.7 Å². The maximum atomic E-state index is 13.4. The monoisotopic (exact) mass is 307 g/mol. The normalized spacial score (nSPS) is 10.1. The van der Waals surface area contributed by atoms with E-state index in [-0.39, 0.29) is 12.2 Å². The summed E-state index contributed by atoms with van der Waals surface area (Å²) in [6.45, 7) is 2.45. The molecule has 2 rings (SSSR count). The van der Waals surface area contributed by atoms with Crippen molar-refractivity contribution in [3.8, 4) is 5.88 Å². The molecule has 2 N–H and O–H groups in total. The van der Waals surface area contributed by atoms with E-state index in [1.54, 1.807) is 18.3 Å². The molecule has 116 valence electrons. The highest BCUT2D eigenvalue weighted by molar-refractivity contribution is 5.89. The predicted octanol–water partition coefficient (Wildman–Crippen LogP) is 3.08. The van der Waals surface area contributed by atoms with Gasteiger partial charge < -0.3 is 15.4 Å². The zero-order chi connectivity index (χ0) is 15.9. The smallest absolute Gasteiger partial charge is 0.319 e. The Morgan fingerprint density at radius 1 is 1.32 bits per heavy atom. The van der Waals surface area contributed by atoms with Gasteiger partial charge in [0.15, 0.2) is 0 Å². The molecule has 0 saturated heterocycles. The van der Waals surface area contributed by atoms with Crippen molar-refractivity contribution in [1.82, 2.24) is 10.3 Å². The number of nitrogens with one attached hydrogen (secondary N) is 2. The molecule has 0 spiro atoms. The van der Waals surface area contributed by atoms with Crippen LogP contribution in [0.2, 0.25) is 0 Å². The summed E-state index contributed by atoms with van der Waals surface area (Å²) in [5.74, 6) is -1.12. The largest absolute Gasteiger partial charge is 0.478 e. The SMILES string of the molecule is CCOc1ncccc1CNC(=O)Nc1ccc(F)cc1F. The van der Waals surface area contributed by atoms with Gasteiger partial charge in [0, 0.05) is 24.4 Å². The second-order valence-corrected chi connectivity index (χ2v) is 4.33. The van der Waals surface area contributed by atoms with Crippen LogP contribution in [-0.4, -0.2) is 17.6 Å². The van der Waals surface area contributed by atoms with Gasteiger partial charge in [-0.3, -0.25) is 0 Å². The third kappa shape index (κ3) is 4.15. The molecule has 7 heteroatoms. The topological polar surface area (TPSA) is 63.2 Å². The average Bonchev–Trinajstić information content (AvgIpc) is 2.49. The van der Waals surface area contributed by atoms with Gasteiger partial charge in [0.25, 0.3) is 0 Å². The van der Waals surface area contributed by atoms with Crippen LogP contribution < -0.4 is 15.4 Å². The zero-order valence-corrected chi connectivity index (χ0v) is 11.9. The number of nitrogens with zero attached hydrogens (tertiary/aromatic N) is 1. The maximum absolute atomic E-state index is 13.4. The summed E-state index contributed by atoms with van der Waals surface area (Å²) in [7, 11) is 0. The molecule has 22 heavy (non-hydrogen) atoms. The molecule has 0 aliphatic rings. The van der Waals surface area contributed by atoms with Gasteiger partial charge in [-0.05, 0) is 25.1 Å². The first-order valence-electron chi connectivity index (χ1n) is 6.66. The Balaban J connectivity index is 1.95. The molecule has 0 radical (unpaired) electrons. The van der Waals surface area contributed by atoms with Gasteiger partial charge in [0.05, 0.1) is 12.3 Å². The fourth-order valence-electron chi connectivity index (χ4n) is 1.76. The molecule has 1 aromatic heterocycles. The van der Waals surface area contributed by atoms with Crippen LogP contribution in [0.15, 0.2) is 36.5 Å². The lowest BCUT2D eigenvalue weighted by Crippen LogP contribution is -2.28. The number of carbonyl (C=O) groups excluding carboxylic acids is 1. The molecule has 0 atom stereocenters. The van der Waals surface area contributed by atoms with Crippen LogP contribution in [0.5, 0.6) is 5.88 Å². The number of ether oxygens (including phenoxy) is 1. The Morgan fingerprint density at radius 3 is 2.86 bits per heavy atom. The summed E-state index contributed by atoms with van der Waals surface area (Å²) in [5.41, 5.74) is 0.592. The van der Waals surface area contributed by atoms with Gasteiger partial charge in [-0.2, -0.15) is 0 Å². The average molecular weight is 307 g/mol. The molecule has 0 saturated carbocycles. The molecule has 1 aromatic carbocycles. The Hall–Kier alpha value is -2.70. The van der Waals surface area contributed by atoms with E-state index in [4.69, 9.17) is 4.74 Å². The lowest BCUT2D eigenvalue weighted by molar-refractivity contribution is 0.251. The van der Waals surface area contributed by atoms with Crippen LogP contribution in [0.25, 0.3) is 0 Å². The maximum Gasteiger partial charge on any atom is 0.319 e. The summed E-state index contributed by atoms with van der Waals surface area (Å²) < 4.78 is 31.5. The molecular formula is C15H15F2N3O2. The quantitative estimate of drug-likeness (QED) is 0.892. The van der Waals surface area contributed by atoms with Crippen molar-refractivity contribution in [2.75, 3.05) is 11.9 Å². The lowest BCUT2D eigenvalue weighted by atomic mass is 10.2. The second kappa shape index (κ2) is 7.35. The van der Waals surface area contributed by atoms with Crippen LogP contribution in [0.4, 0.5) is 19.3 Å². The summed E-state index contributed by atoms with van der Waals surface area (Å²) in [5, 5.41) is 4.86. The number of anilines is 1. The standard InChI is InChI=1S/C15H15F2N3O2/c1-2-22-14-10(4-3-7-18-14)9-19-15(21)20-13-6-5-11(16)8-12(13)17/h3-8H,2,9H2,1H3,(H2,19,20,21). The number of hydrogen-bond donors (Lipinski definition) is 2. The number of urea groups is 1. The molecular weight excluding hydrogens is 292 g/mol. The Bertz CT molecular complexity index is 665. The number of aromatic nitrogens is 1. The third-order valence-corrected chi connectivity index (χ3v) is 2.75. The number of carbonyl (C=O) groups is 1. The number of pyridine rings is 1. The first kappa shape index (κ1) is 15.7. The number of hydrogen-bond acceptors (Lipinski definition) is 3. The van der Waals surface area contributed by atoms with E-state index in [9.17, 15) is 13.6 Å². The highest BCUT2D eigenvalue weighted by atomic mass is 19.1. The van der Waals surface area contributed by atoms with Gasteiger partial charge in [-0.25, -0.2) is 18.6 Å². The fourth-order valence-corrected chi connectivity index (χ4v) is 1.76. The highest BCUT2D eigenvalue weighted by Crippen LogP contribution is 2.16. The molecule has 1 heterocycles. The van der Waals surface area contributed by atoms with Gasteiger partial charge >= 0.3 is 6.03 Å². The van der Waals surface area contributed by atoms with Gasteiger partial charge in [-0.1, -0.05) is 6.07 Å². The number of benzene rings is 1. The summed E-state index contributed by atoms with van der Waals surface area (Å²) in [6, 6.07) is 5.78. The van der Waals surface area contributed by atoms with E-state index in [1.165, 1.54) is 0 Å². The fraction of sp³-hybridized carbons (Fsp3) is 0.200. The predicted molar refractivity (Wildman–Crippen MR) is 77.6 cm³/mol. The molecule has 2 amide bonds. The molecule has 0 fully saturated rings. The van der Waals surface area contributed by atoms with Crippen molar-refractivity contribution < 1.29 is 18.3 Å². The first-order chi connectivity index (χ1) is 10.6. The van der Waals surface area contributed by atoms with E-state index in [2.05, 4.69) is 15.6 Å². The van der Waals surface area contributed by atoms with Crippen molar-refractivity contribution in [3.63, 3.8) is 0 Å². The molecule has 0 aliphatic carbocycles. The van der Waals surface area contributed by atoms with Gasteiger partial charge in [-0.15, -0.1) is 0 Å². The van der Waals surface area contributed by atoms with Crippen molar-refractivity contribution in [3.05, 3.63) is 53.7 Å². The molecule has 5 nitrogen and oxygen atoms in total. The van der Waals surface area contributed by atoms with E-state index in [0.717, 1.165) is 12.1 Å². The van der Waals surface area contributed by atoms with Crippen molar-refractivity contribution in [1.29, 1.82) is 0 Å². The summed E-state index contributed by atoms with van der Waals surface area (Å²) >= 11 is 0. The van der Waals surface area contributed by atoms with E-state index in [0.29, 0.717) is 24.1 Å². The molecule has 0 bridgehead atoms. The van der Waals surface area contributed by atoms with Crippen molar-refractivity contribution >= 4 is 11.7 Å². The minimum atomic E-state index is -0.841. The number of amides is 2. The Labute approximate surface area is 126 Å². The highest BCUT2D eigenvalue weighted by Gasteiger charge is 2.09. The Kier molecular flexibility index (Phi) is 5.24. The summed E-state index contributed by atoms with van der Waals surface area (Å²) in [6.07, 6.45) is 1.59. The van der Waals surface area contributed by atoms with Crippen LogP contribution in [0.1, 0.15) is 12.5 Å². The molecule has 2 aromatic rings. The second-order valence-electron chi connectivity index (χ2n) is 4.33. The van der Waals surface area contributed by atoms with Crippen LogP contribution >= 0.6 is 0 Å². The third-order valence-electron chi connectivity index (χ3n) is 2.75. The number of halogens is 2. The lowest BCUT2D eigenvalue weighted by Gasteiger charge is -2.11. The van der Waals surface area contributed by atoms with Crippen LogP contribution in [0, 0.1) is 11.6 Å². The van der Waals surface area contributed by atoms with Crippen LogP contribution in [-0.2, 0) is 6.54 Å². The van der Waals surface area contributed by atoms with Gasteiger partial charge in [0.2, 0.25) is 5.88 Å². The minimum Gasteiger partial charge on any atom is -0.478 e. The zero-order valence-electron chi connectivity index (χ0n) is 11.9. The van der Waals surface area contributed by atoms with Crippen molar-refractivity contribution in [2.45, 2.75) is 13.5 Å². The minimum absolute atomic E-state index is 0.102. The van der Waals surface area contributed by atoms with E-state index >= 15 is 0 Å². The summed E-state index contributed by atoms with van der Waals surface area (Å²) in [4.78, 5) is 15.8. The van der Waals surface area contributed by atoms with Gasteiger partial charge in [0.1, 0.15) is 11.6 Å².